The minimum absolute atomic E-state index is 0.0203. The first-order valence-corrected chi connectivity index (χ1v) is 10.2. The van der Waals surface area contributed by atoms with E-state index in [2.05, 4.69) is 34.7 Å². The van der Waals surface area contributed by atoms with Crippen molar-refractivity contribution in [1.29, 1.82) is 0 Å². The van der Waals surface area contributed by atoms with Crippen molar-refractivity contribution in [3.05, 3.63) is 71.5 Å². The van der Waals surface area contributed by atoms with Gasteiger partial charge in [-0.05, 0) is 44.9 Å². The number of rotatable bonds is 2. The minimum Gasteiger partial charge on any atom is -0.347 e. The van der Waals surface area contributed by atoms with Crippen molar-refractivity contribution in [1.82, 2.24) is 14.0 Å². The van der Waals surface area contributed by atoms with Crippen LogP contribution >= 0.6 is 11.3 Å². The first-order chi connectivity index (χ1) is 13.2. The van der Waals surface area contributed by atoms with E-state index in [1.807, 2.05) is 40.8 Å². The number of thiazole rings is 1. The molecule has 4 rings (SSSR count). The predicted molar refractivity (Wildman–Crippen MR) is 116 cm³/mol. The number of nitrogens with zero attached hydrogens (tertiary/aromatic N) is 3. The van der Waals surface area contributed by atoms with Crippen LogP contribution in [0.1, 0.15) is 47.8 Å². The fourth-order valence-electron chi connectivity index (χ4n) is 3.90. The van der Waals surface area contributed by atoms with Crippen molar-refractivity contribution in [3.8, 4) is 0 Å². The van der Waals surface area contributed by atoms with Gasteiger partial charge in [-0.1, -0.05) is 36.8 Å². The van der Waals surface area contributed by atoms with Crippen molar-refractivity contribution in [2.45, 2.75) is 40.5 Å². The highest BCUT2D eigenvalue weighted by atomic mass is 32.1. The fraction of sp³-hybridized carbons (Fsp3) is 0.318. The Labute approximate surface area is 166 Å². The third-order valence-corrected chi connectivity index (χ3v) is 6.41. The van der Waals surface area contributed by atoms with Gasteiger partial charge in [0.15, 0.2) is 0 Å². The van der Waals surface area contributed by atoms with E-state index in [-0.39, 0.29) is 17.0 Å². The lowest BCUT2D eigenvalue weighted by Gasteiger charge is -2.07. The number of hydrogen-bond donors (Lipinski definition) is 0. The van der Waals surface area contributed by atoms with Gasteiger partial charge in [-0.25, -0.2) is 9.38 Å². The summed E-state index contributed by atoms with van der Waals surface area (Å²) in [6.07, 6.45) is 1.91. The molecule has 0 aliphatic carbocycles. The van der Waals surface area contributed by atoms with Gasteiger partial charge in [0.05, 0.1) is 4.53 Å². The summed E-state index contributed by atoms with van der Waals surface area (Å²) in [5.41, 5.74) is 5.15. The number of aromatic nitrogens is 3. The summed E-state index contributed by atoms with van der Waals surface area (Å²) in [5.74, 6) is 0.0203. The molecule has 1 aromatic carbocycles. The fourth-order valence-corrected chi connectivity index (χ4v) is 4.89. The normalized spacial score (nSPS) is 12.8. The van der Waals surface area contributed by atoms with E-state index in [1.54, 1.807) is 0 Å². The summed E-state index contributed by atoms with van der Waals surface area (Å²) in [7, 11) is 2.03. The molecule has 0 saturated carbocycles. The molecule has 0 fully saturated rings. The molecular formula is C22H23N3O2S. The second-order valence-corrected chi connectivity index (χ2v) is 8.69. The number of fused-ring (bicyclic) bond motifs is 2. The smallest absolute Gasteiger partial charge is 0.277 e. The van der Waals surface area contributed by atoms with E-state index in [1.165, 1.54) is 21.3 Å². The first-order valence-electron chi connectivity index (χ1n) is 9.34. The van der Waals surface area contributed by atoms with Crippen LogP contribution < -0.4 is 15.7 Å². The molecule has 0 bridgehead atoms. The topological polar surface area (TPSA) is 56.4 Å². The summed E-state index contributed by atoms with van der Waals surface area (Å²) >= 11 is 1.27. The van der Waals surface area contributed by atoms with Crippen LogP contribution in [-0.2, 0) is 7.05 Å². The monoisotopic (exact) mass is 393 g/mol. The zero-order valence-electron chi connectivity index (χ0n) is 17.0. The summed E-state index contributed by atoms with van der Waals surface area (Å²) in [6, 6.07) is 6.32. The molecule has 0 aliphatic heterocycles. The summed E-state index contributed by atoms with van der Waals surface area (Å²) in [4.78, 5) is 31.0. The van der Waals surface area contributed by atoms with E-state index in [0.717, 1.165) is 22.2 Å². The van der Waals surface area contributed by atoms with Crippen LogP contribution in [0.4, 0.5) is 0 Å². The van der Waals surface area contributed by atoms with Crippen molar-refractivity contribution in [3.63, 3.8) is 0 Å². The maximum atomic E-state index is 13.1. The number of aryl methyl sites for hydroxylation is 3. The van der Waals surface area contributed by atoms with Gasteiger partial charge in [-0.3, -0.25) is 9.59 Å². The SMILES string of the molecule is Cc1ccc2c(c1)c(/C=c1\sc3nc(C)c(C(C)C)c(=O)n3c1=O)c(C)n2C. The number of hydrogen-bond acceptors (Lipinski definition) is 4. The Balaban J connectivity index is 2.09. The largest absolute Gasteiger partial charge is 0.347 e. The van der Waals surface area contributed by atoms with E-state index in [4.69, 9.17) is 0 Å². The first kappa shape index (κ1) is 18.6. The van der Waals surface area contributed by atoms with Gasteiger partial charge < -0.3 is 4.57 Å². The van der Waals surface area contributed by atoms with Gasteiger partial charge in [-0.15, -0.1) is 0 Å². The summed E-state index contributed by atoms with van der Waals surface area (Å²) in [6.45, 7) is 9.84. The Hall–Kier alpha value is -2.73. The molecule has 4 aromatic rings. The molecule has 0 spiro atoms. The lowest BCUT2D eigenvalue weighted by Crippen LogP contribution is -2.33. The Morgan fingerprint density at radius 3 is 2.50 bits per heavy atom. The lowest BCUT2D eigenvalue weighted by molar-refractivity contribution is 0.804. The highest BCUT2D eigenvalue weighted by Gasteiger charge is 2.17. The molecule has 0 saturated heterocycles. The van der Waals surface area contributed by atoms with Crippen LogP contribution in [0.5, 0.6) is 0 Å². The van der Waals surface area contributed by atoms with Crippen molar-refractivity contribution >= 4 is 33.3 Å². The van der Waals surface area contributed by atoms with Crippen LogP contribution in [0.25, 0.3) is 21.9 Å². The Morgan fingerprint density at radius 1 is 1.11 bits per heavy atom. The molecule has 0 N–H and O–H groups in total. The summed E-state index contributed by atoms with van der Waals surface area (Å²) in [5, 5.41) is 1.11. The van der Waals surface area contributed by atoms with Gasteiger partial charge in [0.2, 0.25) is 4.96 Å². The molecule has 3 heterocycles. The van der Waals surface area contributed by atoms with Crippen LogP contribution in [0.15, 0.2) is 27.8 Å². The van der Waals surface area contributed by atoms with Crippen molar-refractivity contribution in [2.75, 3.05) is 0 Å². The molecule has 0 atom stereocenters. The highest BCUT2D eigenvalue weighted by molar-refractivity contribution is 7.15. The van der Waals surface area contributed by atoms with Gasteiger partial charge in [-0.2, -0.15) is 0 Å². The molecule has 3 aromatic heterocycles. The molecule has 0 amide bonds. The number of benzene rings is 1. The third-order valence-electron chi connectivity index (χ3n) is 5.44. The zero-order chi connectivity index (χ0) is 20.3. The predicted octanol–water partition coefficient (Wildman–Crippen LogP) is 3.20. The van der Waals surface area contributed by atoms with E-state index < -0.39 is 0 Å². The Kier molecular flexibility index (Phi) is 4.27. The van der Waals surface area contributed by atoms with E-state index in [9.17, 15) is 9.59 Å². The molecule has 5 nitrogen and oxygen atoms in total. The second kappa shape index (κ2) is 6.41. The molecule has 0 radical (unpaired) electrons. The molecule has 0 unspecified atom stereocenters. The lowest BCUT2D eigenvalue weighted by atomic mass is 10.0. The van der Waals surface area contributed by atoms with Crippen molar-refractivity contribution in [2.24, 2.45) is 7.05 Å². The average Bonchev–Trinajstić information content (AvgIpc) is 3.04. The Morgan fingerprint density at radius 2 is 1.82 bits per heavy atom. The van der Waals surface area contributed by atoms with Gasteiger partial charge in [0, 0.05) is 40.5 Å². The minimum atomic E-state index is -0.288. The van der Waals surface area contributed by atoms with E-state index >= 15 is 0 Å². The van der Waals surface area contributed by atoms with Crippen LogP contribution in [0.3, 0.4) is 0 Å². The summed E-state index contributed by atoms with van der Waals surface area (Å²) < 4.78 is 3.89. The van der Waals surface area contributed by atoms with Crippen LogP contribution in [0.2, 0.25) is 0 Å². The van der Waals surface area contributed by atoms with Gasteiger partial charge in [0.1, 0.15) is 0 Å². The standard InChI is InChI=1S/C22H23N3O2S/c1-11(2)19-13(4)23-22-25(21(19)27)20(26)18(28-22)10-15-14(5)24(6)17-8-7-12(3)9-16(15)17/h7-11H,1-6H3/b18-10-. The molecular weight excluding hydrogens is 370 g/mol. The molecule has 28 heavy (non-hydrogen) atoms. The van der Waals surface area contributed by atoms with Gasteiger partial charge in [0.25, 0.3) is 11.1 Å². The zero-order valence-corrected chi connectivity index (χ0v) is 17.8. The van der Waals surface area contributed by atoms with Crippen LogP contribution in [0, 0.1) is 20.8 Å². The maximum Gasteiger partial charge on any atom is 0.277 e. The molecule has 0 aliphatic rings. The third kappa shape index (κ3) is 2.63. The van der Waals surface area contributed by atoms with E-state index in [0.29, 0.717) is 20.8 Å². The second-order valence-electron chi connectivity index (χ2n) is 7.68. The van der Waals surface area contributed by atoms with Crippen LogP contribution in [-0.4, -0.2) is 14.0 Å². The molecule has 144 valence electrons. The molecule has 6 heteroatoms. The quantitative estimate of drug-likeness (QED) is 0.525. The van der Waals surface area contributed by atoms with Crippen molar-refractivity contribution < 1.29 is 0 Å². The highest BCUT2D eigenvalue weighted by Crippen LogP contribution is 2.26. The Bertz CT molecular complexity index is 1420. The maximum absolute atomic E-state index is 13.1. The average molecular weight is 394 g/mol. The van der Waals surface area contributed by atoms with Gasteiger partial charge >= 0.3 is 0 Å².